The van der Waals surface area contributed by atoms with E-state index in [2.05, 4.69) is 9.97 Å². The molecule has 0 aliphatic carbocycles. The number of nitriles is 1. The topological polar surface area (TPSA) is 93.7 Å². The number of nitrogens with one attached hydrogen (secondary N) is 1. The third-order valence-corrected chi connectivity index (χ3v) is 2.31. The van der Waals surface area contributed by atoms with Gasteiger partial charge in [0.1, 0.15) is 17.5 Å². The molecule has 2 aromatic heterocycles. The van der Waals surface area contributed by atoms with Crippen LogP contribution in [-0.2, 0) is 0 Å². The Morgan fingerprint density at radius 2 is 2.06 bits per heavy atom. The molecule has 0 radical (unpaired) electrons. The Hall–Kier alpha value is -2.81. The monoisotopic (exact) mass is 242 g/mol. The average Bonchev–Trinajstić information content (AvgIpc) is 2.38. The van der Waals surface area contributed by atoms with E-state index in [1.54, 1.807) is 6.07 Å². The van der Waals surface area contributed by atoms with Crippen LogP contribution in [0.3, 0.4) is 0 Å². The van der Waals surface area contributed by atoms with Crippen LogP contribution in [0.1, 0.15) is 5.56 Å². The number of pyridine rings is 2. The predicted octanol–water partition coefficient (Wildman–Crippen LogP) is 1.88. The predicted molar refractivity (Wildman–Crippen MR) is 61.5 cm³/mol. The number of aromatic nitrogens is 2. The van der Waals surface area contributed by atoms with E-state index in [1.807, 2.05) is 0 Å². The molecule has 0 amide bonds. The van der Waals surface area contributed by atoms with Gasteiger partial charge in [0, 0.05) is 24.0 Å². The number of hydrogen-bond acceptors (Lipinski definition) is 5. The van der Waals surface area contributed by atoms with Crippen molar-refractivity contribution < 1.29 is 9.50 Å². The van der Waals surface area contributed by atoms with Gasteiger partial charge in [-0.05, 0) is 12.1 Å². The van der Waals surface area contributed by atoms with Crippen LogP contribution in [0.2, 0.25) is 0 Å². The van der Waals surface area contributed by atoms with Crippen molar-refractivity contribution in [1.82, 2.24) is 9.97 Å². The summed E-state index contributed by atoms with van der Waals surface area (Å²) in [6.45, 7) is 0. The van der Waals surface area contributed by atoms with Crippen LogP contribution in [-0.4, -0.2) is 20.8 Å². The van der Waals surface area contributed by atoms with E-state index < -0.39 is 5.95 Å². The molecule has 0 atom stereocenters. The molecular weight excluding hydrogens is 235 g/mol. The van der Waals surface area contributed by atoms with Crippen LogP contribution >= 0.6 is 0 Å². The highest BCUT2D eigenvalue weighted by molar-refractivity contribution is 6.11. The number of hydrogen-bond donors (Lipinski definition) is 2. The fourth-order valence-electron chi connectivity index (χ4n) is 1.48. The minimum absolute atomic E-state index is 0.0553. The quantitative estimate of drug-likeness (QED) is 0.621. The van der Waals surface area contributed by atoms with Crippen LogP contribution in [0.4, 0.5) is 4.39 Å². The summed E-state index contributed by atoms with van der Waals surface area (Å²) in [6, 6.07) is 5.56. The molecule has 18 heavy (non-hydrogen) atoms. The molecule has 2 N–H and O–H groups in total. The summed E-state index contributed by atoms with van der Waals surface area (Å²) in [5, 5.41) is 26.0. The Morgan fingerprint density at radius 3 is 2.72 bits per heavy atom. The summed E-state index contributed by atoms with van der Waals surface area (Å²) in [6.07, 6.45) is 2.59. The Kier molecular flexibility index (Phi) is 2.98. The van der Waals surface area contributed by atoms with Crippen molar-refractivity contribution in [3.05, 3.63) is 42.1 Å². The molecule has 0 bridgehead atoms. The van der Waals surface area contributed by atoms with E-state index in [9.17, 15) is 9.50 Å². The van der Waals surface area contributed by atoms with Crippen LogP contribution in [0.5, 0.6) is 5.75 Å². The number of rotatable bonds is 2. The number of halogens is 1. The average molecular weight is 242 g/mol. The van der Waals surface area contributed by atoms with Crippen molar-refractivity contribution in [3.8, 4) is 23.1 Å². The molecule has 0 aliphatic heterocycles. The lowest BCUT2D eigenvalue weighted by molar-refractivity contribution is 0.474. The molecule has 0 aliphatic rings. The van der Waals surface area contributed by atoms with E-state index in [-0.39, 0.29) is 22.7 Å². The van der Waals surface area contributed by atoms with E-state index in [0.29, 0.717) is 5.56 Å². The second kappa shape index (κ2) is 4.59. The van der Waals surface area contributed by atoms with Gasteiger partial charge in [-0.2, -0.15) is 9.65 Å². The largest absolute Gasteiger partial charge is 0.505 e. The van der Waals surface area contributed by atoms with Gasteiger partial charge in [-0.3, -0.25) is 10.4 Å². The van der Waals surface area contributed by atoms with Crippen molar-refractivity contribution in [3.63, 3.8) is 0 Å². The van der Waals surface area contributed by atoms with Crippen molar-refractivity contribution in [1.29, 1.82) is 10.7 Å². The summed E-state index contributed by atoms with van der Waals surface area (Å²) in [4.78, 5) is 7.31. The molecule has 0 spiro atoms. The lowest BCUT2D eigenvalue weighted by Gasteiger charge is -2.06. The lowest BCUT2D eigenvalue weighted by Crippen LogP contribution is -1.98. The van der Waals surface area contributed by atoms with Gasteiger partial charge < -0.3 is 5.11 Å². The summed E-state index contributed by atoms with van der Waals surface area (Å²) < 4.78 is 13.0. The normalized spacial score (nSPS) is 9.78. The fraction of sp³-hybridized carbons (Fsp3) is 0. The molecular formula is C12H7FN4O. The first-order valence-electron chi connectivity index (χ1n) is 4.92. The van der Waals surface area contributed by atoms with Gasteiger partial charge in [0.05, 0.1) is 5.56 Å². The molecule has 0 unspecified atom stereocenters. The van der Waals surface area contributed by atoms with Crippen LogP contribution in [0.25, 0.3) is 11.3 Å². The SMILES string of the molecule is N#CC(=N)c1ccnc(-c2ccnc(F)c2)c1O. The van der Waals surface area contributed by atoms with E-state index >= 15 is 0 Å². The molecule has 5 nitrogen and oxygen atoms in total. The van der Waals surface area contributed by atoms with E-state index in [4.69, 9.17) is 10.7 Å². The van der Waals surface area contributed by atoms with E-state index in [1.165, 1.54) is 24.5 Å². The van der Waals surface area contributed by atoms with Crippen LogP contribution in [0.15, 0.2) is 30.6 Å². The molecule has 88 valence electrons. The molecule has 2 aromatic rings. The first-order chi connectivity index (χ1) is 8.63. The molecule has 2 rings (SSSR count). The van der Waals surface area contributed by atoms with Gasteiger partial charge in [-0.1, -0.05) is 0 Å². The standard InChI is InChI=1S/C12H7FN4O/c13-10-5-7(1-3-16-10)11-12(18)8(2-4-17-11)9(15)6-14/h1-5,15,18H. The van der Waals surface area contributed by atoms with Crippen LogP contribution < -0.4 is 0 Å². The minimum Gasteiger partial charge on any atom is -0.505 e. The molecule has 2 heterocycles. The summed E-state index contributed by atoms with van der Waals surface area (Å²) in [5.74, 6) is -1.02. The molecule has 0 aromatic carbocycles. The van der Waals surface area contributed by atoms with Crippen molar-refractivity contribution in [2.75, 3.05) is 0 Å². The zero-order chi connectivity index (χ0) is 13.1. The number of nitrogens with zero attached hydrogens (tertiary/aromatic N) is 3. The molecule has 6 heteroatoms. The minimum atomic E-state index is -0.700. The summed E-state index contributed by atoms with van der Waals surface area (Å²) in [5.41, 5.74) is 0.104. The molecule has 0 saturated carbocycles. The Balaban J connectivity index is 2.60. The second-order valence-electron chi connectivity index (χ2n) is 3.41. The summed E-state index contributed by atoms with van der Waals surface area (Å²) in [7, 11) is 0. The van der Waals surface area contributed by atoms with Gasteiger partial charge >= 0.3 is 0 Å². The van der Waals surface area contributed by atoms with E-state index in [0.717, 1.165) is 6.07 Å². The van der Waals surface area contributed by atoms with Gasteiger partial charge in [-0.25, -0.2) is 4.98 Å². The maximum Gasteiger partial charge on any atom is 0.213 e. The molecule has 0 fully saturated rings. The fourth-order valence-corrected chi connectivity index (χ4v) is 1.48. The van der Waals surface area contributed by atoms with Crippen molar-refractivity contribution >= 4 is 5.71 Å². The molecule has 0 saturated heterocycles. The van der Waals surface area contributed by atoms with Crippen molar-refractivity contribution in [2.45, 2.75) is 0 Å². The van der Waals surface area contributed by atoms with Crippen molar-refractivity contribution in [2.24, 2.45) is 0 Å². The zero-order valence-corrected chi connectivity index (χ0v) is 9.05. The lowest BCUT2D eigenvalue weighted by atomic mass is 10.1. The van der Waals surface area contributed by atoms with Crippen LogP contribution in [0, 0.1) is 22.7 Å². The summed E-state index contributed by atoms with van der Waals surface area (Å²) >= 11 is 0. The first kappa shape index (κ1) is 11.7. The number of aromatic hydroxyl groups is 1. The Bertz CT molecular complexity index is 663. The maximum atomic E-state index is 13.0. The second-order valence-corrected chi connectivity index (χ2v) is 3.41. The van der Waals surface area contributed by atoms with Gasteiger partial charge in [-0.15, -0.1) is 0 Å². The van der Waals surface area contributed by atoms with Gasteiger partial charge in [0.2, 0.25) is 5.95 Å². The maximum absolute atomic E-state index is 13.0. The Morgan fingerprint density at radius 1 is 1.33 bits per heavy atom. The first-order valence-corrected chi connectivity index (χ1v) is 4.92. The third-order valence-electron chi connectivity index (χ3n) is 2.31. The highest BCUT2D eigenvalue weighted by Gasteiger charge is 2.14. The third kappa shape index (κ3) is 2.01. The van der Waals surface area contributed by atoms with Gasteiger partial charge in [0.15, 0.2) is 5.75 Å². The Labute approximate surface area is 102 Å². The smallest absolute Gasteiger partial charge is 0.213 e. The van der Waals surface area contributed by atoms with Gasteiger partial charge in [0.25, 0.3) is 0 Å². The highest BCUT2D eigenvalue weighted by Crippen LogP contribution is 2.29. The zero-order valence-electron chi connectivity index (χ0n) is 9.05. The highest BCUT2D eigenvalue weighted by atomic mass is 19.1.